The van der Waals surface area contributed by atoms with Crippen LogP contribution < -0.4 is 10.6 Å². The summed E-state index contributed by atoms with van der Waals surface area (Å²) in [6.45, 7) is 17.5. The second-order valence-corrected chi connectivity index (χ2v) is 7.49. The Labute approximate surface area is 135 Å². The molecule has 0 aromatic rings. The minimum Gasteiger partial charge on any atom is -0.411 e. The van der Waals surface area contributed by atoms with Gasteiger partial charge < -0.3 is 21.0 Å². The van der Waals surface area contributed by atoms with Crippen molar-refractivity contribution in [3.8, 4) is 0 Å². The number of hydrogen-bond acceptors (Lipinski definition) is 6. The molecule has 0 unspecified atom stereocenters. The zero-order valence-corrected chi connectivity index (χ0v) is 15.4. The number of hydrogen-bond donors (Lipinski definition) is 4. The molecule has 0 spiro atoms. The molecule has 0 aromatic carbocycles. The van der Waals surface area contributed by atoms with Crippen LogP contribution >= 0.6 is 0 Å². The van der Waals surface area contributed by atoms with Crippen molar-refractivity contribution in [1.82, 2.24) is 10.6 Å². The van der Waals surface area contributed by atoms with Crippen LogP contribution in [0.4, 0.5) is 0 Å². The molecule has 0 heterocycles. The van der Waals surface area contributed by atoms with Crippen molar-refractivity contribution in [3.05, 3.63) is 0 Å². The van der Waals surface area contributed by atoms with E-state index in [1.54, 1.807) is 13.8 Å². The van der Waals surface area contributed by atoms with E-state index < -0.39 is 0 Å². The molecule has 6 nitrogen and oxygen atoms in total. The lowest BCUT2D eigenvalue weighted by Gasteiger charge is -2.37. The van der Waals surface area contributed by atoms with E-state index in [0.717, 1.165) is 19.5 Å². The average molecular weight is 314 g/mol. The van der Waals surface area contributed by atoms with Gasteiger partial charge in [0.1, 0.15) is 0 Å². The van der Waals surface area contributed by atoms with Gasteiger partial charge >= 0.3 is 0 Å². The molecule has 0 saturated carbocycles. The number of oxime groups is 2. The molecule has 22 heavy (non-hydrogen) atoms. The van der Waals surface area contributed by atoms with Crippen LogP contribution in [-0.2, 0) is 0 Å². The van der Waals surface area contributed by atoms with Gasteiger partial charge in [-0.1, -0.05) is 24.2 Å². The molecule has 0 rings (SSSR count). The van der Waals surface area contributed by atoms with Gasteiger partial charge in [0.05, 0.1) is 22.5 Å². The highest BCUT2D eigenvalue weighted by molar-refractivity contribution is 5.90. The molecule has 0 saturated heterocycles. The first-order valence-electron chi connectivity index (χ1n) is 7.82. The SMILES string of the molecule is CCC(C)(CNC(C)(C)/C(C)=N\O)CNC(C)(C)/C(C)=N\O. The zero-order valence-electron chi connectivity index (χ0n) is 15.4. The number of rotatable bonds is 9. The summed E-state index contributed by atoms with van der Waals surface area (Å²) in [4.78, 5) is 0. The fourth-order valence-corrected chi connectivity index (χ4v) is 1.69. The maximum Gasteiger partial charge on any atom is 0.0734 e. The van der Waals surface area contributed by atoms with Gasteiger partial charge in [-0.05, 0) is 53.4 Å². The second kappa shape index (κ2) is 7.92. The molecule has 130 valence electrons. The third-order valence-electron chi connectivity index (χ3n) is 4.88. The summed E-state index contributed by atoms with van der Waals surface area (Å²) >= 11 is 0. The lowest BCUT2D eigenvalue weighted by Crippen LogP contribution is -2.54. The van der Waals surface area contributed by atoms with Crippen molar-refractivity contribution < 1.29 is 10.4 Å². The molecule has 0 aliphatic rings. The van der Waals surface area contributed by atoms with Crippen LogP contribution in [0.3, 0.4) is 0 Å². The molecule has 6 heteroatoms. The van der Waals surface area contributed by atoms with Crippen LogP contribution in [0.25, 0.3) is 0 Å². The van der Waals surface area contributed by atoms with Crippen LogP contribution in [0, 0.1) is 5.41 Å². The van der Waals surface area contributed by atoms with E-state index in [1.165, 1.54) is 0 Å². The van der Waals surface area contributed by atoms with Crippen molar-refractivity contribution >= 4 is 11.4 Å². The maximum atomic E-state index is 8.95. The Morgan fingerprint density at radius 3 is 1.36 bits per heavy atom. The predicted octanol–water partition coefficient (Wildman–Crippen LogP) is 2.84. The van der Waals surface area contributed by atoms with Gasteiger partial charge in [0.25, 0.3) is 0 Å². The normalized spacial score (nSPS) is 15.3. The van der Waals surface area contributed by atoms with E-state index in [0.29, 0.717) is 11.4 Å². The third-order valence-corrected chi connectivity index (χ3v) is 4.88. The van der Waals surface area contributed by atoms with Gasteiger partial charge in [-0.25, -0.2) is 0 Å². The summed E-state index contributed by atoms with van der Waals surface area (Å²) in [6.07, 6.45) is 0.990. The minimum absolute atomic E-state index is 0.0278. The van der Waals surface area contributed by atoms with Crippen molar-refractivity contribution in [2.75, 3.05) is 13.1 Å². The van der Waals surface area contributed by atoms with Crippen molar-refractivity contribution in [2.45, 2.75) is 72.9 Å². The Kier molecular flexibility index (Phi) is 7.51. The molecule has 0 aliphatic heterocycles. The summed E-state index contributed by atoms with van der Waals surface area (Å²) < 4.78 is 0. The van der Waals surface area contributed by atoms with Crippen LogP contribution in [0.1, 0.15) is 61.8 Å². The number of nitrogens with one attached hydrogen (secondary N) is 2. The van der Waals surface area contributed by atoms with Crippen LogP contribution in [0.5, 0.6) is 0 Å². The van der Waals surface area contributed by atoms with E-state index in [1.807, 2.05) is 27.7 Å². The molecular weight excluding hydrogens is 280 g/mol. The Hall–Kier alpha value is -1.14. The molecule has 4 N–H and O–H groups in total. The van der Waals surface area contributed by atoms with Gasteiger partial charge in [-0.2, -0.15) is 0 Å². The maximum absolute atomic E-state index is 8.95. The van der Waals surface area contributed by atoms with E-state index in [9.17, 15) is 0 Å². The van der Waals surface area contributed by atoms with E-state index in [4.69, 9.17) is 10.4 Å². The summed E-state index contributed by atoms with van der Waals surface area (Å²) in [5.41, 5.74) is 0.622. The highest BCUT2D eigenvalue weighted by Crippen LogP contribution is 2.22. The first kappa shape index (κ1) is 20.9. The highest BCUT2D eigenvalue weighted by Gasteiger charge is 2.31. The summed E-state index contributed by atoms with van der Waals surface area (Å²) in [5, 5.41) is 31.5. The first-order chi connectivity index (χ1) is 9.94. The Morgan fingerprint density at radius 1 is 0.818 bits per heavy atom. The fraction of sp³-hybridized carbons (Fsp3) is 0.875. The predicted molar refractivity (Wildman–Crippen MR) is 92.4 cm³/mol. The quantitative estimate of drug-likeness (QED) is 0.299. The molecule has 0 fully saturated rings. The van der Waals surface area contributed by atoms with Gasteiger partial charge in [0, 0.05) is 13.1 Å². The van der Waals surface area contributed by atoms with E-state index in [-0.39, 0.29) is 16.5 Å². The molecule has 0 bridgehead atoms. The van der Waals surface area contributed by atoms with Crippen LogP contribution in [-0.4, -0.2) is 46.0 Å². The van der Waals surface area contributed by atoms with Crippen molar-refractivity contribution in [3.63, 3.8) is 0 Å². The van der Waals surface area contributed by atoms with Crippen molar-refractivity contribution in [2.24, 2.45) is 15.7 Å². The lowest BCUT2D eigenvalue weighted by atomic mass is 9.84. The molecule has 0 atom stereocenters. The number of nitrogens with zero attached hydrogens (tertiary/aromatic N) is 2. The lowest BCUT2D eigenvalue weighted by molar-refractivity contribution is 0.239. The molecular formula is C16H34N4O2. The van der Waals surface area contributed by atoms with Gasteiger partial charge in [0.2, 0.25) is 0 Å². The fourth-order valence-electron chi connectivity index (χ4n) is 1.69. The molecule has 0 aromatic heterocycles. The largest absolute Gasteiger partial charge is 0.411 e. The monoisotopic (exact) mass is 314 g/mol. The first-order valence-corrected chi connectivity index (χ1v) is 7.82. The molecule has 0 amide bonds. The Morgan fingerprint density at radius 2 is 1.14 bits per heavy atom. The topological polar surface area (TPSA) is 89.2 Å². The summed E-state index contributed by atoms with van der Waals surface area (Å²) in [5.74, 6) is 0. The summed E-state index contributed by atoms with van der Waals surface area (Å²) in [7, 11) is 0. The standard InChI is InChI=1S/C16H34N4O2/c1-9-16(8,10-17-14(4,5)12(2)19-21)11-18-15(6,7)13(3)20-22/h17-18,21-22H,9-11H2,1-8H3/b19-12-,20-13-. The van der Waals surface area contributed by atoms with Gasteiger partial charge in [-0.3, -0.25) is 0 Å². The smallest absolute Gasteiger partial charge is 0.0734 e. The van der Waals surface area contributed by atoms with Crippen LogP contribution in [0.15, 0.2) is 10.3 Å². The van der Waals surface area contributed by atoms with Crippen LogP contribution in [0.2, 0.25) is 0 Å². The Balaban J connectivity index is 4.80. The molecule has 0 radical (unpaired) electrons. The minimum atomic E-state index is -0.358. The van der Waals surface area contributed by atoms with Crippen molar-refractivity contribution in [1.29, 1.82) is 0 Å². The second-order valence-electron chi connectivity index (χ2n) is 7.49. The van der Waals surface area contributed by atoms with Gasteiger partial charge in [-0.15, -0.1) is 0 Å². The summed E-state index contributed by atoms with van der Waals surface area (Å²) in [6, 6.07) is 0. The van der Waals surface area contributed by atoms with Gasteiger partial charge in [0.15, 0.2) is 0 Å². The zero-order chi connectivity index (χ0) is 17.6. The third kappa shape index (κ3) is 5.93. The van der Waals surface area contributed by atoms with E-state index >= 15 is 0 Å². The van der Waals surface area contributed by atoms with E-state index in [2.05, 4.69) is 34.8 Å². The Bertz CT molecular complexity index is 380. The molecule has 0 aliphatic carbocycles. The highest BCUT2D eigenvalue weighted by atomic mass is 16.4. The average Bonchev–Trinajstić information content (AvgIpc) is 2.49.